The number of hydrogen-bond donors (Lipinski definition) is 2. The number of alkyl halides is 1. The van der Waals surface area contributed by atoms with Crippen molar-refractivity contribution in [1.82, 2.24) is 14.9 Å². The lowest BCUT2D eigenvalue weighted by atomic mass is 9.88. The largest absolute Gasteiger partial charge is 0.489 e. The van der Waals surface area contributed by atoms with Crippen LogP contribution in [0.5, 0.6) is 11.8 Å². The number of benzene rings is 2. The summed E-state index contributed by atoms with van der Waals surface area (Å²) >= 11 is 7.90. The van der Waals surface area contributed by atoms with Crippen LogP contribution in [0.1, 0.15) is 44.6 Å². The molecule has 3 N–H and O–H groups in total. The number of nitriles is 1. The van der Waals surface area contributed by atoms with E-state index in [1.807, 2.05) is 11.0 Å². The Morgan fingerprint density at radius 2 is 2.07 bits per heavy atom. The summed E-state index contributed by atoms with van der Waals surface area (Å²) in [4.78, 5) is 13.4. The molecular formula is C32H30ClF3N6O3S. The third-order valence-electron chi connectivity index (χ3n) is 10.1. The molecule has 240 valence electrons. The fraction of sp³-hybridized carbons (Fsp3) is 0.469. The van der Waals surface area contributed by atoms with Gasteiger partial charge in [0.25, 0.3) is 0 Å². The number of fused-ring (bicyclic) bond motifs is 4. The highest BCUT2D eigenvalue weighted by molar-refractivity contribution is 7.23. The van der Waals surface area contributed by atoms with Crippen LogP contribution in [0.4, 0.5) is 24.0 Å². The molecule has 3 saturated heterocycles. The quantitative estimate of drug-likeness (QED) is 0.271. The van der Waals surface area contributed by atoms with Crippen LogP contribution in [0.3, 0.4) is 0 Å². The predicted molar refractivity (Wildman–Crippen MR) is 169 cm³/mol. The minimum absolute atomic E-state index is 0.0201. The average molecular weight is 671 g/mol. The highest BCUT2D eigenvalue weighted by Crippen LogP contribution is 2.52. The summed E-state index contributed by atoms with van der Waals surface area (Å²) in [6.07, 6.45) is 1.89. The van der Waals surface area contributed by atoms with E-state index in [0.717, 1.165) is 30.7 Å². The normalized spacial score (nSPS) is 27.4. The van der Waals surface area contributed by atoms with Crippen LogP contribution in [0.25, 0.3) is 32.1 Å². The Morgan fingerprint density at radius 1 is 1.24 bits per heavy atom. The van der Waals surface area contributed by atoms with E-state index >= 15 is 4.39 Å². The lowest BCUT2D eigenvalue weighted by molar-refractivity contribution is 0.0160. The number of anilines is 2. The molecule has 0 bridgehead atoms. The van der Waals surface area contributed by atoms with Crippen molar-refractivity contribution in [2.45, 2.75) is 62.4 Å². The van der Waals surface area contributed by atoms with E-state index < -0.39 is 28.9 Å². The summed E-state index contributed by atoms with van der Waals surface area (Å²) in [5, 5.41) is 21.2. The maximum absolute atomic E-state index is 17.1. The summed E-state index contributed by atoms with van der Waals surface area (Å²) < 4.78 is 59.1. The molecule has 2 aromatic carbocycles. The molecule has 4 aliphatic rings. The number of aromatic nitrogens is 2. The molecule has 4 aliphatic heterocycles. The maximum atomic E-state index is 17.1. The van der Waals surface area contributed by atoms with E-state index in [1.165, 1.54) is 12.1 Å². The monoisotopic (exact) mass is 670 g/mol. The number of thiophene rings is 1. The molecule has 46 heavy (non-hydrogen) atoms. The van der Waals surface area contributed by atoms with Crippen LogP contribution in [-0.4, -0.2) is 76.2 Å². The van der Waals surface area contributed by atoms with E-state index in [1.54, 1.807) is 6.92 Å². The first-order valence-corrected chi connectivity index (χ1v) is 16.5. The van der Waals surface area contributed by atoms with Gasteiger partial charge in [-0.2, -0.15) is 15.2 Å². The van der Waals surface area contributed by atoms with Crippen molar-refractivity contribution < 1.29 is 27.8 Å². The van der Waals surface area contributed by atoms with Crippen molar-refractivity contribution in [1.29, 1.82) is 5.26 Å². The van der Waals surface area contributed by atoms with Gasteiger partial charge < -0.3 is 25.2 Å². The first-order valence-electron chi connectivity index (χ1n) is 15.3. The zero-order chi connectivity index (χ0) is 32.1. The molecule has 2 unspecified atom stereocenters. The number of aliphatic hydroxyl groups is 1. The Hall–Kier alpha value is -3.57. The minimum atomic E-state index is -0.952. The number of piperidine rings is 1. The Balaban J connectivity index is 1.34. The Labute approximate surface area is 271 Å². The molecule has 0 aliphatic carbocycles. The molecule has 0 radical (unpaired) electrons. The van der Waals surface area contributed by atoms with Gasteiger partial charge in [0.15, 0.2) is 11.6 Å². The Bertz CT molecular complexity index is 1980. The van der Waals surface area contributed by atoms with Gasteiger partial charge in [-0.15, -0.1) is 11.3 Å². The molecular weight excluding hydrogens is 641 g/mol. The van der Waals surface area contributed by atoms with Crippen LogP contribution >= 0.6 is 22.9 Å². The van der Waals surface area contributed by atoms with Gasteiger partial charge in [0.1, 0.15) is 47.6 Å². The van der Waals surface area contributed by atoms with Crippen molar-refractivity contribution in [2.24, 2.45) is 0 Å². The third kappa shape index (κ3) is 4.41. The number of nitrogens with two attached hydrogens (primary N) is 1. The lowest BCUT2D eigenvalue weighted by Crippen LogP contribution is -2.51. The van der Waals surface area contributed by atoms with Crippen LogP contribution in [-0.2, 0) is 0 Å². The Kier molecular flexibility index (Phi) is 6.78. The third-order valence-corrected chi connectivity index (χ3v) is 11.5. The maximum Gasteiger partial charge on any atom is 0.319 e. The van der Waals surface area contributed by atoms with Gasteiger partial charge in [-0.3, -0.25) is 4.90 Å². The summed E-state index contributed by atoms with van der Waals surface area (Å²) in [7, 11) is 0. The summed E-state index contributed by atoms with van der Waals surface area (Å²) in [5.41, 5.74) is 4.59. The summed E-state index contributed by atoms with van der Waals surface area (Å²) in [6.45, 7) is 3.57. The summed E-state index contributed by atoms with van der Waals surface area (Å²) in [6, 6.07) is 4.17. The molecule has 4 aromatic rings. The zero-order valence-corrected chi connectivity index (χ0v) is 26.5. The highest BCUT2D eigenvalue weighted by atomic mass is 35.5. The predicted octanol–water partition coefficient (Wildman–Crippen LogP) is 5.96. The fourth-order valence-electron chi connectivity index (χ4n) is 7.91. The standard InChI is InChI=1S/C32H30ClF3N6O3S/c1-31(43)6-8-42-16(10-31)13-44-26-22-25(39-30(40-29(22)42)45-14-32-5-2-7-41(32)12-15(34)9-32)24(36)21(23(26)33)17-3-4-19(35)27-20(17)18(11-37)28(38)46-27/h3-4,15-16,43H,2,5-10,12-14,38H2,1H3/t15-,16?,31?,32+/m1/s1. The van der Waals surface area contributed by atoms with Gasteiger partial charge >= 0.3 is 6.01 Å². The van der Waals surface area contributed by atoms with Crippen LogP contribution in [0, 0.1) is 23.0 Å². The first kappa shape index (κ1) is 29.8. The molecule has 2 aromatic heterocycles. The van der Waals surface area contributed by atoms with Crippen molar-refractivity contribution in [3.05, 3.63) is 34.4 Å². The van der Waals surface area contributed by atoms with Crippen LogP contribution in [0.15, 0.2) is 12.1 Å². The fourth-order valence-corrected chi connectivity index (χ4v) is 9.19. The number of halogens is 4. The number of rotatable bonds is 4. The molecule has 9 nitrogen and oxygen atoms in total. The topological polar surface area (TPSA) is 121 Å². The molecule has 0 spiro atoms. The number of hydrogen-bond acceptors (Lipinski definition) is 10. The molecule has 8 rings (SSSR count). The van der Waals surface area contributed by atoms with Gasteiger partial charge in [0.2, 0.25) is 0 Å². The number of ether oxygens (including phenoxy) is 2. The van der Waals surface area contributed by atoms with Crippen molar-refractivity contribution in [3.8, 4) is 29.0 Å². The second-order valence-corrected chi connectivity index (χ2v) is 14.5. The lowest BCUT2D eigenvalue weighted by Gasteiger charge is -2.42. The second kappa shape index (κ2) is 10.5. The minimum Gasteiger partial charge on any atom is -0.489 e. The van der Waals surface area contributed by atoms with Gasteiger partial charge in [-0.05, 0) is 50.8 Å². The number of nitrogen functional groups attached to an aromatic ring is 1. The van der Waals surface area contributed by atoms with Gasteiger partial charge in [-0.25, -0.2) is 13.2 Å². The smallest absolute Gasteiger partial charge is 0.319 e. The van der Waals surface area contributed by atoms with Crippen molar-refractivity contribution >= 4 is 54.7 Å². The SMILES string of the molecule is CC1(O)CCN2c3nc(OC[C@@]45CCCN4C[C@H](F)C5)nc4c(F)c(-c5ccc(F)c6sc(N)c(C#N)c56)c(Cl)c(c34)OCC2C1. The molecule has 14 heteroatoms. The van der Waals surface area contributed by atoms with Crippen molar-refractivity contribution in [2.75, 3.05) is 43.5 Å². The van der Waals surface area contributed by atoms with Crippen LogP contribution in [0.2, 0.25) is 5.02 Å². The van der Waals surface area contributed by atoms with Gasteiger partial charge in [0, 0.05) is 30.5 Å². The van der Waals surface area contributed by atoms with Crippen molar-refractivity contribution in [3.63, 3.8) is 0 Å². The van der Waals surface area contributed by atoms with E-state index in [-0.39, 0.29) is 78.7 Å². The van der Waals surface area contributed by atoms with Gasteiger partial charge in [-0.1, -0.05) is 17.7 Å². The molecule has 0 amide bonds. The molecule has 6 heterocycles. The van der Waals surface area contributed by atoms with E-state index in [4.69, 9.17) is 31.8 Å². The highest BCUT2D eigenvalue weighted by Gasteiger charge is 2.49. The van der Waals surface area contributed by atoms with E-state index in [2.05, 4.69) is 9.88 Å². The Morgan fingerprint density at radius 3 is 2.87 bits per heavy atom. The molecule has 3 fully saturated rings. The van der Waals surface area contributed by atoms with E-state index in [0.29, 0.717) is 38.2 Å². The van der Waals surface area contributed by atoms with Crippen LogP contribution < -0.4 is 20.1 Å². The van der Waals surface area contributed by atoms with E-state index in [9.17, 15) is 19.1 Å². The first-order chi connectivity index (χ1) is 22.0. The molecule has 0 saturated carbocycles. The second-order valence-electron chi connectivity index (χ2n) is 13.1. The average Bonchev–Trinajstić information content (AvgIpc) is 3.62. The summed E-state index contributed by atoms with van der Waals surface area (Å²) in [5.74, 6) is -0.928. The van der Waals surface area contributed by atoms with Gasteiger partial charge in [0.05, 0.1) is 37.9 Å². The number of nitrogens with zero attached hydrogens (tertiary/aromatic N) is 5. The molecule has 4 atom stereocenters. The zero-order valence-electron chi connectivity index (χ0n) is 24.9.